The second-order valence-electron chi connectivity index (χ2n) is 26.8. The van der Waals surface area contributed by atoms with Gasteiger partial charge in [-0.05, 0) is 103 Å². The molecule has 17 atom stereocenters. The number of hydrogen-bond acceptors (Lipinski definition) is 17. The molecule has 0 aromatic heterocycles. The first kappa shape index (κ1) is 73.9. The molecule has 1 radical (unpaired) electrons. The summed E-state index contributed by atoms with van der Waals surface area (Å²) in [5, 5.41) is 27.8. The monoisotopic (exact) mass is 1330 g/mol. The van der Waals surface area contributed by atoms with Crippen LogP contribution in [-0.4, -0.2) is 161 Å². The normalized spacial score (nSPS) is 36.5. The first-order chi connectivity index (χ1) is 41.8. The molecule has 8 bridgehead atoms. The number of aliphatic imine (C=N–C) groups is 4. The number of nitrogens with zero attached hydrogens (tertiary/aromatic N) is 6. The van der Waals surface area contributed by atoms with E-state index < -0.39 is 126 Å². The summed E-state index contributed by atoms with van der Waals surface area (Å²) >= 11 is 0. The number of carbonyl (C=O) groups excluding carboxylic acids is 7. The Balaban J connectivity index is 0.00000658. The molecule has 0 aromatic carbocycles. The number of allylic oxidation sites excluding steroid dienone is 8. The van der Waals surface area contributed by atoms with Gasteiger partial charge in [0.15, 0.2) is 0 Å². The summed E-state index contributed by atoms with van der Waals surface area (Å²) in [5.41, 5.74) is 18.5. The fourth-order valence-corrected chi connectivity index (χ4v) is 16.8. The van der Waals surface area contributed by atoms with Gasteiger partial charge in [-0.3, -0.25) is 62.6 Å². The number of nitrogens with two attached hydrogens (primary N) is 3. The Morgan fingerprint density at radius 2 is 1.51 bits per heavy atom. The third kappa shape index (κ3) is 14.0. The fraction of sp³-hybridized carbons (Fsp3) is 0.651. The van der Waals surface area contributed by atoms with E-state index in [2.05, 4.69) is 38.4 Å². The van der Waals surface area contributed by atoms with Crippen molar-refractivity contribution in [3.8, 4) is 0 Å². The Bertz CT molecular complexity index is 3220. The molecule has 12 N–H and O–H groups in total. The predicted molar refractivity (Wildman–Crippen MR) is 341 cm³/mol. The van der Waals surface area contributed by atoms with Crippen molar-refractivity contribution in [2.24, 2.45) is 83.0 Å². The van der Waals surface area contributed by atoms with E-state index in [1.165, 1.54) is 6.92 Å². The maximum atomic E-state index is 14.4. The van der Waals surface area contributed by atoms with Gasteiger partial charge in [0.1, 0.15) is 18.4 Å². The van der Waals surface area contributed by atoms with Gasteiger partial charge in [0, 0.05) is 103 Å². The minimum atomic E-state index is -4.87. The molecule has 7 aliphatic heterocycles. The Morgan fingerprint density at radius 3 is 2.12 bits per heavy atom. The Hall–Kier alpha value is -6.19. The largest absolute Gasteiger partial charge is 2.00 e. The SMILES string of the molecule is CC1=CC2N=CN([C@H]3O[C@H](CO)[C@@H](OP(=O)(O)O[C@H](C)CNC(=O)CC[C@@]4(C)/C5=C(\C)C6=N/C(=C\C7=NC(=C(/C)C8=N[C@@](C)([C@H]([N-]5)[C@@H]4CNC=O)[C@@](C)(NC=O)[C@@H]8CCNC=O)/[C@@](C)(CC(N)=O)[C@@H]7CCC(N)=O)C(C)(C)[C@@H]6CCC(N)=O)[C@H]3C)C2C=C1C.[CH3-].[Co+2]. The third-order valence-corrected chi connectivity index (χ3v) is 21.9. The molecule has 2 fully saturated rings. The van der Waals surface area contributed by atoms with Crippen LogP contribution in [0, 0.1) is 53.3 Å². The average molecular weight is 1330 g/mol. The van der Waals surface area contributed by atoms with Gasteiger partial charge in [-0.15, -0.1) is 0 Å². The van der Waals surface area contributed by atoms with Crippen molar-refractivity contribution in [2.45, 2.75) is 188 Å². The summed E-state index contributed by atoms with van der Waals surface area (Å²) in [6.07, 6.45) is 6.12. The zero-order chi connectivity index (χ0) is 65.5. The van der Waals surface area contributed by atoms with Gasteiger partial charge < -0.3 is 70.8 Å². The van der Waals surface area contributed by atoms with Crippen molar-refractivity contribution in [1.82, 2.24) is 26.2 Å². The summed E-state index contributed by atoms with van der Waals surface area (Å²) in [7, 11) is -4.87. The zero-order valence-corrected chi connectivity index (χ0v) is 56.5. The molecule has 0 saturated carbocycles. The van der Waals surface area contributed by atoms with Crippen molar-refractivity contribution in [1.29, 1.82) is 0 Å². The van der Waals surface area contributed by atoms with E-state index in [0.29, 0.717) is 64.6 Å². The molecule has 0 aromatic rings. The smallest absolute Gasteiger partial charge is 0.682 e. The first-order valence-corrected chi connectivity index (χ1v) is 32.2. The summed E-state index contributed by atoms with van der Waals surface area (Å²) < 4.78 is 31.5. The van der Waals surface area contributed by atoms with Gasteiger partial charge in [0.05, 0.1) is 47.9 Å². The molecule has 28 heteroatoms. The molecule has 0 spiro atoms. The van der Waals surface area contributed by atoms with Crippen molar-refractivity contribution in [3.05, 3.63) is 70.4 Å². The molecule has 26 nitrogen and oxygen atoms in total. The van der Waals surface area contributed by atoms with Crippen LogP contribution >= 0.6 is 7.82 Å². The molecule has 91 heavy (non-hydrogen) atoms. The minimum absolute atomic E-state index is 0. The maximum Gasteiger partial charge on any atom is 2.00 e. The van der Waals surface area contributed by atoms with Crippen molar-refractivity contribution in [2.75, 3.05) is 26.2 Å². The van der Waals surface area contributed by atoms with Gasteiger partial charge in [-0.1, -0.05) is 64.0 Å². The summed E-state index contributed by atoms with van der Waals surface area (Å²) in [4.78, 5) is 125. The Labute approximate surface area is 544 Å². The summed E-state index contributed by atoms with van der Waals surface area (Å²) in [5.74, 6) is -5.15. The number of primary amides is 3. The molecule has 1 aliphatic carbocycles. The van der Waals surface area contributed by atoms with Crippen molar-refractivity contribution in [3.63, 3.8) is 0 Å². The quantitative estimate of drug-likeness (QED) is 0.0230. The second-order valence-corrected chi connectivity index (χ2v) is 28.2. The third-order valence-electron chi connectivity index (χ3n) is 20.8. The number of rotatable bonds is 28. The van der Waals surface area contributed by atoms with Crippen LogP contribution in [0.2, 0.25) is 0 Å². The van der Waals surface area contributed by atoms with E-state index in [9.17, 15) is 48.1 Å². The van der Waals surface area contributed by atoms with E-state index in [-0.39, 0.29) is 107 Å². The van der Waals surface area contributed by atoms with E-state index in [0.717, 1.165) is 11.1 Å². The number of phosphoric ester groups is 1. The van der Waals surface area contributed by atoms with Crippen LogP contribution in [0.25, 0.3) is 5.32 Å². The topological polar surface area (TPSA) is 398 Å². The summed E-state index contributed by atoms with van der Waals surface area (Å²) in [6, 6.07) is -1.19. The van der Waals surface area contributed by atoms with Crippen LogP contribution in [0.1, 0.15) is 134 Å². The van der Waals surface area contributed by atoms with Crippen LogP contribution in [-0.2, 0) is 68.7 Å². The molecule has 7 heterocycles. The number of amides is 7. The van der Waals surface area contributed by atoms with Crippen LogP contribution in [0.15, 0.2) is 77.6 Å². The molecule has 7 amide bonds. The first-order valence-electron chi connectivity index (χ1n) is 30.7. The summed E-state index contributed by atoms with van der Waals surface area (Å²) in [6.45, 7) is 22.1. The molecule has 503 valence electrons. The second kappa shape index (κ2) is 28.6. The van der Waals surface area contributed by atoms with Gasteiger partial charge >= 0.3 is 24.6 Å². The van der Waals surface area contributed by atoms with Gasteiger partial charge in [-0.2, -0.15) is 5.70 Å². The van der Waals surface area contributed by atoms with Crippen LogP contribution in [0.3, 0.4) is 0 Å². The van der Waals surface area contributed by atoms with Crippen molar-refractivity contribution < 1.29 is 78.7 Å². The van der Waals surface area contributed by atoms with Crippen LogP contribution in [0.4, 0.5) is 0 Å². The standard InChI is InChI=1S/C62H92N13O13P.CH3.Co/c1-32-21-43-44(22-33(32)2)75(28-69-43)57-37(6)53(45(27-76)86-57)88-89(84,85)87-34(3)25-68-50(83)17-19-59(9)41(26-67-30-78)56-62(12)61(11,70-31-79)40(18-20-66-29-77)52(74-62)36(5)55-60(10,24-49(65)82)38(13-15-47(63)80)42(71-55)23-46-58(7,8)39(14-16-48(64)81)51(72-46)35(4)54(59)73-56;;/h21-23,28-31,34,37-41,43-45,53,56-57,76H,13-20,24-27H2,1-12H3,(H12,63,64,65,66,67,68,70,71,72,73,74,77,78,79,80,81,82,83,84,85);1H3;/q;-1;+2/p-1/t34-,37-,38-,39-,40-,41+,43?,44?,45-,53+,56-,57+,59-,60+,61+,62+;;/m1../s1. The van der Waals surface area contributed by atoms with Gasteiger partial charge in [0.25, 0.3) is 0 Å². The van der Waals surface area contributed by atoms with Crippen LogP contribution in [0.5, 0.6) is 0 Å². The van der Waals surface area contributed by atoms with E-state index >= 15 is 0 Å². The molecular weight excluding hydrogens is 1240 g/mol. The molecule has 8 aliphatic rings. The average Bonchev–Trinajstić information content (AvgIpc) is 1.54. The number of hydrogen-bond donors (Lipinski definition) is 9. The predicted octanol–water partition coefficient (Wildman–Crippen LogP) is 4.18. The number of ether oxygens (including phenoxy) is 1. The van der Waals surface area contributed by atoms with E-state index in [1.807, 2.05) is 80.2 Å². The van der Waals surface area contributed by atoms with E-state index in [4.69, 9.17) is 51.3 Å². The molecule has 8 rings (SSSR count). The molecule has 3 unspecified atom stereocenters. The fourth-order valence-electron chi connectivity index (χ4n) is 15.6. The number of carbonyl (C=O) groups is 7. The minimum Gasteiger partial charge on any atom is -0.682 e. The number of phosphoric acid groups is 1. The van der Waals surface area contributed by atoms with E-state index in [1.54, 1.807) is 13.3 Å². The molecule has 2 saturated heterocycles. The Kier molecular flexibility index (Phi) is 23.2. The van der Waals surface area contributed by atoms with Gasteiger partial charge in [0.2, 0.25) is 42.9 Å². The number of nitrogens with one attached hydrogen (secondary N) is 4. The maximum absolute atomic E-state index is 14.4. The van der Waals surface area contributed by atoms with Crippen LogP contribution < -0.4 is 38.5 Å². The van der Waals surface area contributed by atoms with Crippen molar-refractivity contribution >= 4 is 74.2 Å². The molecular formula is C63H94CoN13O13P. The Morgan fingerprint density at radius 1 is 0.857 bits per heavy atom. The number of aliphatic hydroxyl groups is 1. The van der Waals surface area contributed by atoms with Gasteiger partial charge in [-0.25, -0.2) is 4.57 Å². The number of aliphatic hydroxyl groups excluding tert-OH is 1. The number of fused-ring (bicyclic) bond motifs is 7. The zero-order valence-electron chi connectivity index (χ0n) is 54.5.